The Bertz CT molecular complexity index is 619. The lowest BCUT2D eigenvalue weighted by atomic mass is 9.87. The molecule has 1 aliphatic carbocycles. The molecule has 1 aromatic heterocycles. The summed E-state index contributed by atoms with van der Waals surface area (Å²) in [5.41, 5.74) is 0. The molecular weight excluding hydrogens is 304 g/mol. The molecule has 0 spiro atoms. The van der Waals surface area contributed by atoms with Gasteiger partial charge in [-0.3, -0.25) is 4.79 Å². The highest BCUT2D eigenvalue weighted by molar-refractivity contribution is 7.89. The summed E-state index contributed by atoms with van der Waals surface area (Å²) in [6.45, 7) is 3.63. The van der Waals surface area contributed by atoms with Crippen LogP contribution in [0.15, 0.2) is 11.2 Å². The molecule has 0 aromatic carbocycles. The van der Waals surface area contributed by atoms with Gasteiger partial charge < -0.3 is 9.88 Å². The van der Waals surface area contributed by atoms with E-state index in [0.717, 1.165) is 19.3 Å². The number of hydrogen-bond acceptors (Lipinski definition) is 4. The second kappa shape index (κ2) is 6.78. The molecule has 8 heteroatoms. The van der Waals surface area contributed by atoms with Crippen molar-refractivity contribution < 1.29 is 13.2 Å². The standard InChI is InChI=1S/C14H24N4O3S/c1-10-5-4-6-12(7-10)17-13(19)8-15-22(20,21)14-9-18(3)11(2)16-14/h9-10,12,15H,4-8H2,1-3H3,(H,17,19)/t10-,12+/m0/s1. The van der Waals surface area contributed by atoms with E-state index < -0.39 is 10.0 Å². The van der Waals surface area contributed by atoms with Crippen molar-refractivity contribution in [3.05, 3.63) is 12.0 Å². The van der Waals surface area contributed by atoms with Crippen LogP contribution in [0.3, 0.4) is 0 Å². The topological polar surface area (TPSA) is 93.1 Å². The number of hydrogen-bond donors (Lipinski definition) is 2. The SMILES string of the molecule is Cc1nc(S(=O)(=O)NCC(=O)N[C@@H]2CCC[C@H](C)C2)cn1C. The summed E-state index contributed by atoms with van der Waals surface area (Å²) in [4.78, 5) is 15.9. The summed E-state index contributed by atoms with van der Waals surface area (Å²) in [6, 6.07) is 0.151. The van der Waals surface area contributed by atoms with Crippen LogP contribution < -0.4 is 10.0 Å². The van der Waals surface area contributed by atoms with Crippen molar-refractivity contribution in [3.8, 4) is 0 Å². The number of carbonyl (C=O) groups excluding carboxylic acids is 1. The van der Waals surface area contributed by atoms with Crippen LogP contribution >= 0.6 is 0 Å². The van der Waals surface area contributed by atoms with Gasteiger partial charge in [-0.1, -0.05) is 19.8 Å². The summed E-state index contributed by atoms with van der Waals surface area (Å²) in [6.07, 6.45) is 5.64. The number of aryl methyl sites for hydroxylation is 2. The van der Waals surface area contributed by atoms with E-state index >= 15 is 0 Å². The van der Waals surface area contributed by atoms with Gasteiger partial charge in [0.2, 0.25) is 5.91 Å². The van der Waals surface area contributed by atoms with Crippen LogP contribution in [0.2, 0.25) is 0 Å². The lowest BCUT2D eigenvalue weighted by molar-refractivity contribution is -0.120. The monoisotopic (exact) mass is 328 g/mol. The van der Waals surface area contributed by atoms with E-state index in [1.165, 1.54) is 12.6 Å². The Hall–Kier alpha value is -1.41. The van der Waals surface area contributed by atoms with Crippen LogP contribution in [-0.4, -0.2) is 36.5 Å². The molecule has 1 fully saturated rings. The number of imidazole rings is 1. The first-order valence-electron chi connectivity index (χ1n) is 7.57. The van der Waals surface area contributed by atoms with E-state index in [9.17, 15) is 13.2 Å². The van der Waals surface area contributed by atoms with E-state index in [1.807, 2.05) is 0 Å². The highest BCUT2D eigenvalue weighted by Gasteiger charge is 2.22. The highest BCUT2D eigenvalue weighted by atomic mass is 32.2. The van der Waals surface area contributed by atoms with Gasteiger partial charge in [0.05, 0.1) is 6.54 Å². The van der Waals surface area contributed by atoms with E-state index in [2.05, 4.69) is 21.9 Å². The molecule has 2 rings (SSSR count). The fourth-order valence-electron chi connectivity index (χ4n) is 2.73. The van der Waals surface area contributed by atoms with Crippen molar-refractivity contribution in [1.82, 2.24) is 19.6 Å². The number of aromatic nitrogens is 2. The van der Waals surface area contributed by atoms with Gasteiger partial charge >= 0.3 is 0 Å². The zero-order valence-electron chi connectivity index (χ0n) is 13.3. The van der Waals surface area contributed by atoms with Gasteiger partial charge in [0.25, 0.3) is 10.0 Å². The number of amides is 1. The quantitative estimate of drug-likeness (QED) is 0.832. The Labute approximate surface area is 131 Å². The van der Waals surface area contributed by atoms with Gasteiger partial charge in [-0.25, -0.2) is 18.1 Å². The number of carbonyl (C=O) groups is 1. The normalized spacial score (nSPS) is 22.5. The molecule has 0 radical (unpaired) electrons. The van der Waals surface area contributed by atoms with E-state index in [4.69, 9.17) is 0 Å². The van der Waals surface area contributed by atoms with Crippen LogP contribution in [0.1, 0.15) is 38.4 Å². The maximum absolute atomic E-state index is 12.1. The average Bonchev–Trinajstić information content (AvgIpc) is 2.78. The Morgan fingerprint density at radius 2 is 2.18 bits per heavy atom. The van der Waals surface area contributed by atoms with Crippen molar-refractivity contribution >= 4 is 15.9 Å². The first-order valence-corrected chi connectivity index (χ1v) is 9.05. The first kappa shape index (κ1) is 17.0. The molecule has 1 amide bonds. The fourth-order valence-corrected chi connectivity index (χ4v) is 3.75. The van der Waals surface area contributed by atoms with Crippen LogP contribution in [-0.2, 0) is 21.9 Å². The molecule has 22 heavy (non-hydrogen) atoms. The lowest BCUT2D eigenvalue weighted by Gasteiger charge is -2.27. The van der Waals surface area contributed by atoms with Crippen LogP contribution in [0.5, 0.6) is 0 Å². The van der Waals surface area contributed by atoms with Gasteiger partial charge in [0.1, 0.15) is 5.82 Å². The predicted molar refractivity (Wildman–Crippen MR) is 82.7 cm³/mol. The Morgan fingerprint density at radius 3 is 2.77 bits per heavy atom. The fraction of sp³-hybridized carbons (Fsp3) is 0.714. The summed E-state index contributed by atoms with van der Waals surface area (Å²) < 4.78 is 28.1. The molecule has 1 heterocycles. The molecular formula is C14H24N4O3S. The minimum Gasteiger partial charge on any atom is -0.352 e. The van der Waals surface area contributed by atoms with Crippen molar-refractivity contribution in [3.63, 3.8) is 0 Å². The Kier molecular flexibility index (Phi) is 5.23. The predicted octanol–water partition coefficient (Wildman–Crippen LogP) is 0.702. The molecule has 0 saturated heterocycles. The summed E-state index contributed by atoms with van der Waals surface area (Å²) in [7, 11) is -2.03. The third-order valence-corrected chi connectivity index (χ3v) is 5.36. The molecule has 0 unspecified atom stereocenters. The van der Waals surface area contributed by atoms with Crippen molar-refractivity contribution in [2.24, 2.45) is 13.0 Å². The lowest BCUT2D eigenvalue weighted by Crippen LogP contribution is -2.43. The van der Waals surface area contributed by atoms with Gasteiger partial charge in [0, 0.05) is 19.3 Å². The second-order valence-electron chi connectivity index (χ2n) is 6.10. The zero-order valence-corrected chi connectivity index (χ0v) is 14.1. The zero-order chi connectivity index (χ0) is 16.3. The number of rotatable bonds is 5. The number of sulfonamides is 1. The van der Waals surface area contributed by atoms with Gasteiger partial charge in [-0.05, 0) is 25.7 Å². The minimum atomic E-state index is -3.75. The molecule has 0 bridgehead atoms. The molecule has 2 N–H and O–H groups in total. The van der Waals surface area contributed by atoms with Gasteiger partial charge in [-0.2, -0.15) is 0 Å². The molecule has 124 valence electrons. The Balaban J connectivity index is 1.87. The number of nitrogens with one attached hydrogen (secondary N) is 2. The maximum Gasteiger partial charge on any atom is 0.260 e. The second-order valence-corrected chi connectivity index (χ2v) is 7.81. The van der Waals surface area contributed by atoms with E-state index in [-0.39, 0.29) is 23.5 Å². The van der Waals surface area contributed by atoms with Gasteiger partial charge in [0.15, 0.2) is 5.03 Å². The van der Waals surface area contributed by atoms with Crippen molar-refractivity contribution in [2.45, 2.75) is 50.6 Å². The Morgan fingerprint density at radius 1 is 1.45 bits per heavy atom. The molecule has 0 aliphatic heterocycles. The molecule has 1 aromatic rings. The summed E-state index contributed by atoms with van der Waals surface area (Å²) in [5.74, 6) is 0.906. The van der Waals surface area contributed by atoms with E-state index in [0.29, 0.717) is 11.7 Å². The average molecular weight is 328 g/mol. The molecule has 2 atom stereocenters. The summed E-state index contributed by atoms with van der Waals surface area (Å²) >= 11 is 0. The first-order chi connectivity index (χ1) is 10.3. The van der Waals surface area contributed by atoms with E-state index in [1.54, 1.807) is 18.5 Å². The van der Waals surface area contributed by atoms with Gasteiger partial charge in [-0.15, -0.1) is 0 Å². The van der Waals surface area contributed by atoms with Crippen LogP contribution in [0, 0.1) is 12.8 Å². The molecule has 7 nitrogen and oxygen atoms in total. The van der Waals surface area contributed by atoms with Crippen LogP contribution in [0.25, 0.3) is 0 Å². The summed E-state index contributed by atoms with van der Waals surface area (Å²) in [5, 5.41) is 2.84. The largest absolute Gasteiger partial charge is 0.352 e. The van der Waals surface area contributed by atoms with Crippen molar-refractivity contribution in [2.75, 3.05) is 6.54 Å². The van der Waals surface area contributed by atoms with Crippen molar-refractivity contribution in [1.29, 1.82) is 0 Å². The maximum atomic E-state index is 12.1. The smallest absolute Gasteiger partial charge is 0.260 e. The third-order valence-electron chi connectivity index (χ3n) is 4.09. The molecule has 1 aliphatic rings. The highest BCUT2D eigenvalue weighted by Crippen LogP contribution is 2.23. The van der Waals surface area contributed by atoms with Crippen LogP contribution in [0.4, 0.5) is 0 Å². The molecule has 1 saturated carbocycles. The number of nitrogens with zero attached hydrogens (tertiary/aromatic N) is 2. The minimum absolute atomic E-state index is 0.0633. The third kappa shape index (κ3) is 4.30.